The van der Waals surface area contributed by atoms with E-state index in [-0.39, 0.29) is 11.8 Å². The lowest BCUT2D eigenvalue weighted by Crippen LogP contribution is -2.52. The van der Waals surface area contributed by atoms with Crippen molar-refractivity contribution in [3.05, 3.63) is 23.2 Å². The Kier molecular flexibility index (Phi) is 4.03. The number of amides is 1. The number of piperidine rings is 1. The molecule has 3 rings (SSSR count). The van der Waals surface area contributed by atoms with E-state index in [1.54, 1.807) is 11.3 Å². The average Bonchev–Trinajstić information content (AvgIpc) is 3.00. The minimum Gasteiger partial charge on any atom is -0.390 e. The predicted octanol–water partition coefficient (Wildman–Crippen LogP) is 3.49. The third-order valence-electron chi connectivity index (χ3n) is 4.72. The van der Waals surface area contributed by atoms with Gasteiger partial charge in [-0.3, -0.25) is 4.79 Å². The van der Waals surface area contributed by atoms with E-state index in [2.05, 4.69) is 18.8 Å². The Balaban J connectivity index is 1.76. The van der Waals surface area contributed by atoms with Crippen LogP contribution in [0.1, 0.15) is 44.1 Å². The van der Waals surface area contributed by atoms with E-state index in [1.807, 2.05) is 29.3 Å². The van der Waals surface area contributed by atoms with Crippen LogP contribution in [-0.2, 0) is 0 Å². The van der Waals surface area contributed by atoms with Crippen molar-refractivity contribution in [1.29, 1.82) is 0 Å². The number of thiophene rings is 1. The van der Waals surface area contributed by atoms with Crippen molar-refractivity contribution in [3.63, 3.8) is 0 Å². The highest BCUT2D eigenvalue weighted by Gasteiger charge is 2.39. The summed E-state index contributed by atoms with van der Waals surface area (Å²) in [5.74, 6) is 0.705. The van der Waals surface area contributed by atoms with Gasteiger partial charge in [0.05, 0.1) is 15.8 Å². The van der Waals surface area contributed by atoms with Crippen LogP contribution in [0.2, 0.25) is 0 Å². The van der Waals surface area contributed by atoms with Crippen molar-refractivity contribution in [1.82, 2.24) is 9.88 Å². The number of rotatable bonds is 3. The van der Waals surface area contributed by atoms with Gasteiger partial charge < -0.3 is 15.0 Å². The number of likely N-dealkylation sites (tertiary alicyclic amines) is 1. The van der Waals surface area contributed by atoms with Gasteiger partial charge in [0.25, 0.3) is 5.91 Å². The zero-order chi connectivity index (χ0) is 15.9. The van der Waals surface area contributed by atoms with Crippen molar-refractivity contribution in [2.24, 2.45) is 11.8 Å². The van der Waals surface area contributed by atoms with Gasteiger partial charge in [-0.15, -0.1) is 11.3 Å². The van der Waals surface area contributed by atoms with E-state index in [9.17, 15) is 9.90 Å². The summed E-state index contributed by atoms with van der Waals surface area (Å²) in [6.07, 6.45) is 1.59. The molecule has 22 heavy (non-hydrogen) atoms. The molecule has 0 aromatic carbocycles. The van der Waals surface area contributed by atoms with Gasteiger partial charge in [0.15, 0.2) is 0 Å². The second kappa shape index (κ2) is 5.70. The van der Waals surface area contributed by atoms with Crippen LogP contribution in [-0.4, -0.2) is 39.6 Å². The minimum absolute atomic E-state index is 0.0488. The fraction of sp³-hybridized carbons (Fsp3) is 0.588. The molecule has 2 N–H and O–H groups in total. The van der Waals surface area contributed by atoms with E-state index < -0.39 is 5.60 Å². The number of aliphatic hydroxyl groups is 1. The summed E-state index contributed by atoms with van der Waals surface area (Å²) in [5, 5.41) is 12.6. The summed E-state index contributed by atoms with van der Waals surface area (Å²) in [5.41, 5.74) is 1.01. The number of hydrogen-bond donors (Lipinski definition) is 2. The number of carbonyl (C=O) groups excluding carboxylic acids is 1. The quantitative estimate of drug-likeness (QED) is 0.909. The molecule has 2 aromatic rings. The van der Waals surface area contributed by atoms with Crippen LogP contribution >= 0.6 is 11.3 Å². The largest absolute Gasteiger partial charge is 0.390 e. The van der Waals surface area contributed by atoms with Gasteiger partial charge >= 0.3 is 0 Å². The van der Waals surface area contributed by atoms with Gasteiger partial charge in [-0.25, -0.2) is 0 Å². The molecular weight excluding hydrogens is 296 g/mol. The van der Waals surface area contributed by atoms with Gasteiger partial charge in [0.1, 0.15) is 5.69 Å². The first-order chi connectivity index (χ1) is 10.4. The van der Waals surface area contributed by atoms with Crippen LogP contribution in [0.3, 0.4) is 0 Å². The monoisotopic (exact) mass is 320 g/mol. The van der Waals surface area contributed by atoms with Crippen LogP contribution in [0.25, 0.3) is 10.2 Å². The molecule has 2 aromatic heterocycles. The molecule has 3 heterocycles. The summed E-state index contributed by atoms with van der Waals surface area (Å²) in [6, 6.07) is 3.94. The lowest BCUT2D eigenvalue weighted by Gasteiger charge is -2.43. The zero-order valence-corrected chi connectivity index (χ0v) is 14.2. The highest BCUT2D eigenvalue weighted by molar-refractivity contribution is 7.17. The van der Waals surface area contributed by atoms with Crippen molar-refractivity contribution in [3.8, 4) is 0 Å². The Morgan fingerprint density at radius 2 is 2.36 bits per heavy atom. The van der Waals surface area contributed by atoms with E-state index in [1.165, 1.54) is 0 Å². The van der Waals surface area contributed by atoms with Crippen LogP contribution in [0.4, 0.5) is 0 Å². The second-order valence-electron chi connectivity index (χ2n) is 7.07. The zero-order valence-electron chi connectivity index (χ0n) is 13.4. The molecule has 1 aliphatic rings. The Hall–Kier alpha value is -1.33. The smallest absolute Gasteiger partial charge is 0.270 e. The van der Waals surface area contributed by atoms with Crippen molar-refractivity contribution in [2.45, 2.75) is 39.2 Å². The van der Waals surface area contributed by atoms with Crippen molar-refractivity contribution in [2.75, 3.05) is 13.1 Å². The number of aromatic nitrogens is 1. The van der Waals surface area contributed by atoms with Gasteiger partial charge in [0, 0.05) is 19.0 Å². The molecule has 0 saturated carbocycles. The predicted molar refractivity (Wildman–Crippen MR) is 90.3 cm³/mol. The maximum Gasteiger partial charge on any atom is 0.270 e. The van der Waals surface area contributed by atoms with E-state index >= 15 is 0 Å². The van der Waals surface area contributed by atoms with Crippen molar-refractivity contribution < 1.29 is 9.90 Å². The molecule has 1 aliphatic heterocycles. The van der Waals surface area contributed by atoms with E-state index in [0.29, 0.717) is 31.1 Å². The summed E-state index contributed by atoms with van der Waals surface area (Å²) in [6.45, 7) is 7.49. The summed E-state index contributed by atoms with van der Waals surface area (Å²) < 4.78 is 1.12. The van der Waals surface area contributed by atoms with E-state index in [4.69, 9.17) is 0 Å². The summed E-state index contributed by atoms with van der Waals surface area (Å²) in [4.78, 5) is 17.8. The third-order valence-corrected chi connectivity index (χ3v) is 5.59. The first-order valence-corrected chi connectivity index (χ1v) is 8.82. The Bertz CT molecular complexity index is 643. The molecule has 4 nitrogen and oxygen atoms in total. The molecule has 1 saturated heterocycles. The molecule has 0 bridgehead atoms. The molecule has 1 fully saturated rings. The summed E-state index contributed by atoms with van der Waals surface area (Å²) >= 11 is 1.64. The van der Waals surface area contributed by atoms with Gasteiger partial charge in [-0.05, 0) is 43.2 Å². The number of aromatic amines is 1. The number of H-pyrrole nitrogens is 1. The number of carbonyl (C=O) groups is 1. The molecule has 0 radical (unpaired) electrons. The minimum atomic E-state index is -0.670. The maximum absolute atomic E-state index is 12.7. The first-order valence-electron chi connectivity index (χ1n) is 7.94. The number of hydrogen-bond acceptors (Lipinski definition) is 3. The number of nitrogens with one attached hydrogen (secondary N) is 1. The molecule has 0 aliphatic carbocycles. The number of fused-ring (bicyclic) bond motifs is 1. The van der Waals surface area contributed by atoms with E-state index in [0.717, 1.165) is 16.6 Å². The molecule has 2 atom stereocenters. The fourth-order valence-corrected chi connectivity index (χ4v) is 4.12. The molecular formula is C17H24N2O2S. The Labute approximate surface area is 135 Å². The SMILES string of the molecule is CC(C)C[C@H]1CN(C(=O)c2cc3sccc3[nH]2)CC[C@@]1(C)O. The topological polar surface area (TPSA) is 56.3 Å². The molecule has 5 heteroatoms. The average molecular weight is 320 g/mol. The lowest BCUT2D eigenvalue weighted by molar-refractivity contribution is -0.0577. The first kappa shape index (κ1) is 15.6. The second-order valence-corrected chi connectivity index (χ2v) is 8.01. The number of nitrogens with zero attached hydrogens (tertiary/aromatic N) is 1. The molecule has 1 amide bonds. The standard InChI is InChI=1S/C17H24N2O2S/c1-11(2)8-12-10-19(6-5-17(12,3)21)16(20)14-9-15-13(18-14)4-7-22-15/h4,7,9,11-12,18,21H,5-6,8,10H2,1-3H3/t12-,17+/m0/s1. The Morgan fingerprint density at radius 1 is 1.59 bits per heavy atom. The third kappa shape index (κ3) is 2.92. The van der Waals surface area contributed by atoms with Crippen LogP contribution < -0.4 is 0 Å². The van der Waals surface area contributed by atoms with Crippen LogP contribution in [0, 0.1) is 11.8 Å². The van der Waals surface area contributed by atoms with Gasteiger partial charge in [-0.1, -0.05) is 13.8 Å². The Morgan fingerprint density at radius 3 is 3.05 bits per heavy atom. The van der Waals surface area contributed by atoms with Crippen LogP contribution in [0.15, 0.2) is 17.5 Å². The normalized spacial score (nSPS) is 26.0. The summed E-state index contributed by atoms with van der Waals surface area (Å²) in [7, 11) is 0. The van der Waals surface area contributed by atoms with Crippen molar-refractivity contribution >= 4 is 27.5 Å². The lowest BCUT2D eigenvalue weighted by atomic mass is 9.78. The maximum atomic E-state index is 12.7. The molecule has 0 unspecified atom stereocenters. The molecule has 120 valence electrons. The highest BCUT2D eigenvalue weighted by atomic mass is 32.1. The highest BCUT2D eigenvalue weighted by Crippen LogP contribution is 2.33. The van der Waals surface area contributed by atoms with Gasteiger partial charge in [0.2, 0.25) is 0 Å². The van der Waals surface area contributed by atoms with Crippen LogP contribution in [0.5, 0.6) is 0 Å². The molecule has 0 spiro atoms. The fourth-order valence-electron chi connectivity index (χ4n) is 3.34. The van der Waals surface area contributed by atoms with Gasteiger partial charge in [-0.2, -0.15) is 0 Å².